The smallest absolute Gasteiger partial charge is 0.405 e. The molecule has 0 spiro atoms. The van der Waals surface area contributed by atoms with E-state index in [1.807, 2.05) is 13.8 Å². The lowest BCUT2D eigenvalue weighted by Gasteiger charge is -2.18. The largest absolute Gasteiger partial charge is 0.436 e. The van der Waals surface area contributed by atoms with Crippen molar-refractivity contribution in [2.75, 3.05) is 6.54 Å². The minimum Gasteiger partial charge on any atom is -0.436 e. The number of primary amides is 2. The zero-order valence-corrected chi connectivity index (χ0v) is 10.6. The summed E-state index contributed by atoms with van der Waals surface area (Å²) in [6, 6.07) is 0. The Bertz CT molecular complexity index is 306. The molecule has 0 aromatic rings. The van der Waals surface area contributed by atoms with Gasteiger partial charge >= 0.3 is 6.09 Å². The summed E-state index contributed by atoms with van der Waals surface area (Å²) in [4.78, 5) is 32.7. The molecule has 8 nitrogen and oxygen atoms in total. The molecule has 1 unspecified atom stereocenters. The monoisotopic (exact) mass is 260 g/mol. The summed E-state index contributed by atoms with van der Waals surface area (Å²) < 4.78 is 4.70. The van der Waals surface area contributed by atoms with Crippen LogP contribution in [0.5, 0.6) is 0 Å². The molecule has 0 aliphatic rings. The van der Waals surface area contributed by atoms with Gasteiger partial charge in [-0.25, -0.2) is 10.2 Å². The fraction of sp³-hybridized carbons (Fsp3) is 0.700. The van der Waals surface area contributed by atoms with E-state index in [-0.39, 0.29) is 18.9 Å². The molecule has 0 rings (SSSR count). The van der Waals surface area contributed by atoms with Gasteiger partial charge in [-0.2, -0.15) is 0 Å². The highest BCUT2D eigenvalue weighted by Gasteiger charge is 2.22. The number of carbonyl (C=O) groups excluding carboxylic acids is 3. The van der Waals surface area contributed by atoms with Crippen LogP contribution in [0.25, 0.3) is 0 Å². The van der Waals surface area contributed by atoms with Crippen LogP contribution >= 0.6 is 0 Å². The molecule has 8 heteroatoms. The van der Waals surface area contributed by atoms with E-state index in [2.05, 4.69) is 10.9 Å². The third-order valence-corrected chi connectivity index (χ3v) is 1.94. The zero-order valence-electron chi connectivity index (χ0n) is 10.6. The third kappa shape index (κ3) is 8.34. The van der Waals surface area contributed by atoms with Crippen LogP contribution in [0.2, 0.25) is 0 Å². The number of ether oxygens (including phenoxy) is 1. The fourth-order valence-corrected chi connectivity index (χ4v) is 1.19. The van der Waals surface area contributed by atoms with Gasteiger partial charge in [0.15, 0.2) is 6.10 Å². The van der Waals surface area contributed by atoms with Crippen molar-refractivity contribution >= 4 is 17.9 Å². The Morgan fingerprint density at radius 3 is 2.28 bits per heavy atom. The molecular weight excluding hydrogens is 240 g/mol. The molecule has 0 aromatic carbocycles. The maximum Gasteiger partial charge on any atom is 0.405 e. The van der Waals surface area contributed by atoms with Crippen LogP contribution in [-0.4, -0.2) is 30.6 Å². The molecule has 104 valence electrons. The number of rotatable bonds is 8. The number of carbonyl (C=O) groups is 3. The van der Waals surface area contributed by atoms with E-state index in [4.69, 9.17) is 16.2 Å². The Morgan fingerprint density at radius 1 is 1.22 bits per heavy atom. The Morgan fingerprint density at radius 2 is 1.83 bits per heavy atom. The maximum atomic E-state index is 11.6. The van der Waals surface area contributed by atoms with Crippen LogP contribution in [0.3, 0.4) is 0 Å². The number of nitrogens with two attached hydrogens (primary N) is 2. The number of hydrogen-bond acceptors (Lipinski definition) is 5. The van der Waals surface area contributed by atoms with E-state index >= 15 is 0 Å². The van der Waals surface area contributed by atoms with Crippen molar-refractivity contribution in [3.05, 3.63) is 0 Å². The molecule has 0 bridgehead atoms. The second-order valence-corrected chi connectivity index (χ2v) is 4.19. The molecule has 0 radical (unpaired) electrons. The minimum atomic E-state index is -1.01. The first-order valence-electron chi connectivity index (χ1n) is 5.60. The first kappa shape index (κ1) is 16.2. The van der Waals surface area contributed by atoms with Crippen LogP contribution in [0, 0.1) is 5.92 Å². The molecule has 0 saturated carbocycles. The van der Waals surface area contributed by atoms with Gasteiger partial charge in [0.1, 0.15) is 0 Å². The van der Waals surface area contributed by atoms with Crippen LogP contribution in [0.1, 0.15) is 26.7 Å². The number of hydrazine groups is 1. The lowest BCUT2D eigenvalue weighted by molar-refractivity contribution is -0.131. The van der Waals surface area contributed by atoms with Gasteiger partial charge in [-0.3, -0.25) is 15.0 Å². The molecule has 0 aliphatic heterocycles. The highest BCUT2D eigenvalue weighted by Crippen LogP contribution is 2.08. The predicted octanol–water partition coefficient (Wildman–Crippen LogP) is -1.01. The van der Waals surface area contributed by atoms with Gasteiger partial charge in [-0.1, -0.05) is 13.8 Å². The lowest BCUT2D eigenvalue weighted by atomic mass is 10.1. The second-order valence-electron chi connectivity index (χ2n) is 4.19. The first-order valence-corrected chi connectivity index (χ1v) is 5.60. The van der Waals surface area contributed by atoms with Gasteiger partial charge in [-0.15, -0.1) is 0 Å². The van der Waals surface area contributed by atoms with Crippen molar-refractivity contribution in [3.8, 4) is 0 Å². The highest BCUT2D eigenvalue weighted by molar-refractivity contribution is 5.82. The van der Waals surface area contributed by atoms with Crippen LogP contribution < -0.4 is 22.3 Å². The molecule has 0 aliphatic carbocycles. The topological polar surface area (TPSA) is 137 Å². The van der Waals surface area contributed by atoms with Crippen LogP contribution in [-0.2, 0) is 14.3 Å². The van der Waals surface area contributed by atoms with Crippen molar-refractivity contribution in [3.63, 3.8) is 0 Å². The summed E-state index contributed by atoms with van der Waals surface area (Å²) in [7, 11) is 0. The SMILES string of the molecule is CC(C)CC(OC(N)=O)C(=O)NNCCC(N)=O. The summed E-state index contributed by atoms with van der Waals surface area (Å²) >= 11 is 0. The van der Waals surface area contributed by atoms with Crippen molar-refractivity contribution in [2.45, 2.75) is 32.8 Å². The number of hydrogen-bond donors (Lipinski definition) is 4. The van der Waals surface area contributed by atoms with Gasteiger partial charge in [0, 0.05) is 13.0 Å². The Balaban J connectivity index is 4.12. The molecule has 0 heterocycles. The van der Waals surface area contributed by atoms with Crippen molar-refractivity contribution in [2.24, 2.45) is 17.4 Å². The van der Waals surface area contributed by atoms with Gasteiger partial charge in [0.2, 0.25) is 5.91 Å². The van der Waals surface area contributed by atoms with Gasteiger partial charge in [-0.05, 0) is 12.3 Å². The Labute approximate surface area is 105 Å². The fourth-order valence-electron chi connectivity index (χ4n) is 1.19. The van der Waals surface area contributed by atoms with Gasteiger partial charge in [0.05, 0.1) is 0 Å². The summed E-state index contributed by atoms with van der Waals surface area (Å²) in [6.45, 7) is 3.96. The summed E-state index contributed by atoms with van der Waals surface area (Å²) in [6.07, 6.45) is -1.52. The average molecular weight is 260 g/mol. The van der Waals surface area contributed by atoms with Crippen molar-refractivity contribution in [1.29, 1.82) is 0 Å². The second kappa shape index (κ2) is 8.29. The summed E-state index contributed by atoms with van der Waals surface area (Å²) in [5.41, 5.74) is 14.6. The molecule has 0 fully saturated rings. The van der Waals surface area contributed by atoms with Crippen LogP contribution in [0.4, 0.5) is 4.79 Å². The Kier molecular flexibility index (Phi) is 7.45. The van der Waals surface area contributed by atoms with E-state index in [1.165, 1.54) is 0 Å². The summed E-state index contributed by atoms with van der Waals surface area (Å²) in [5, 5.41) is 0. The maximum absolute atomic E-state index is 11.6. The number of amides is 3. The molecule has 18 heavy (non-hydrogen) atoms. The zero-order chi connectivity index (χ0) is 14.1. The van der Waals surface area contributed by atoms with Gasteiger partial charge in [0.25, 0.3) is 5.91 Å². The molecule has 3 amide bonds. The van der Waals surface area contributed by atoms with E-state index in [0.717, 1.165) is 0 Å². The lowest BCUT2D eigenvalue weighted by Crippen LogP contribution is -2.46. The molecule has 0 saturated heterocycles. The predicted molar refractivity (Wildman–Crippen MR) is 63.9 cm³/mol. The molecular formula is C10H20N4O4. The highest BCUT2D eigenvalue weighted by atomic mass is 16.6. The third-order valence-electron chi connectivity index (χ3n) is 1.94. The molecule has 0 aromatic heterocycles. The number of nitrogens with one attached hydrogen (secondary N) is 2. The van der Waals surface area contributed by atoms with E-state index in [9.17, 15) is 14.4 Å². The van der Waals surface area contributed by atoms with E-state index < -0.39 is 24.0 Å². The summed E-state index contributed by atoms with van der Waals surface area (Å²) in [5.74, 6) is -0.846. The first-order chi connectivity index (χ1) is 8.32. The van der Waals surface area contributed by atoms with Crippen molar-refractivity contribution < 1.29 is 19.1 Å². The van der Waals surface area contributed by atoms with Crippen LogP contribution in [0.15, 0.2) is 0 Å². The van der Waals surface area contributed by atoms with Crippen molar-refractivity contribution in [1.82, 2.24) is 10.9 Å². The molecule has 1 atom stereocenters. The van der Waals surface area contributed by atoms with E-state index in [1.54, 1.807) is 0 Å². The minimum absolute atomic E-state index is 0.0891. The standard InChI is InChI=1S/C10H20N4O4/c1-6(2)5-7(18-10(12)17)9(16)14-13-4-3-8(11)15/h6-7,13H,3-5H2,1-2H3,(H2,11,15)(H2,12,17)(H,14,16). The van der Waals surface area contributed by atoms with E-state index in [0.29, 0.717) is 6.42 Å². The normalized spacial score (nSPS) is 11.9. The average Bonchev–Trinajstić information content (AvgIpc) is 2.21. The van der Waals surface area contributed by atoms with Gasteiger partial charge < -0.3 is 16.2 Å². The molecule has 6 N–H and O–H groups in total. The Hall–Kier alpha value is -1.83. The quantitative estimate of drug-likeness (QED) is 0.327.